The molecule has 11 heteroatoms. The van der Waals surface area contributed by atoms with Crippen LogP contribution in [-0.2, 0) is 16.0 Å². The second-order valence-corrected chi connectivity index (χ2v) is 9.23. The van der Waals surface area contributed by atoms with E-state index in [1.807, 2.05) is 53.7 Å². The Hall–Kier alpha value is -2.92. The number of halogens is 1. The number of benzene rings is 1. The number of fused-ring (bicyclic) bond motifs is 1. The number of rotatable bonds is 5. The maximum Gasteiger partial charge on any atom is 0.230 e. The molecule has 32 heavy (non-hydrogen) atoms. The lowest BCUT2D eigenvalue weighted by molar-refractivity contribution is -0.129. The molecule has 1 aromatic carbocycles. The number of anilines is 2. The lowest BCUT2D eigenvalue weighted by Crippen LogP contribution is -2.61. The molecule has 3 aromatic rings. The quantitative estimate of drug-likeness (QED) is 0.455. The summed E-state index contributed by atoms with van der Waals surface area (Å²) in [4.78, 5) is 26.4. The monoisotopic (exact) mass is 471 g/mol. The van der Waals surface area contributed by atoms with Crippen LogP contribution in [0.1, 0.15) is 16.9 Å². The molecule has 0 bridgehead atoms. The molecule has 9 nitrogen and oxygen atoms in total. The van der Waals surface area contributed by atoms with E-state index in [2.05, 4.69) is 26.5 Å². The Bertz CT molecular complexity index is 1130. The second-order valence-electron chi connectivity index (χ2n) is 7.76. The van der Waals surface area contributed by atoms with Crippen molar-refractivity contribution in [2.45, 2.75) is 25.8 Å². The van der Waals surface area contributed by atoms with Crippen LogP contribution >= 0.6 is 22.9 Å². The molecule has 3 atom stereocenters. The van der Waals surface area contributed by atoms with Crippen molar-refractivity contribution in [1.82, 2.24) is 25.8 Å². The van der Waals surface area contributed by atoms with Crippen molar-refractivity contribution in [3.8, 4) is 0 Å². The van der Waals surface area contributed by atoms with Crippen LogP contribution in [0.3, 0.4) is 0 Å². The van der Waals surface area contributed by atoms with Crippen LogP contribution in [0.4, 0.5) is 11.5 Å². The molecule has 2 aliphatic rings. The predicted octanol–water partition coefficient (Wildman–Crippen LogP) is 2.23. The first-order chi connectivity index (χ1) is 15.5. The number of carbonyl (C=O) groups excluding carboxylic acids is 2. The van der Waals surface area contributed by atoms with Gasteiger partial charge in [-0.2, -0.15) is 5.10 Å². The Balaban J connectivity index is 1.36. The molecule has 5 rings (SSSR count). The minimum absolute atomic E-state index is 0.0910. The van der Waals surface area contributed by atoms with Crippen LogP contribution in [-0.4, -0.2) is 34.3 Å². The first kappa shape index (κ1) is 21.0. The van der Waals surface area contributed by atoms with Gasteiger partial charge in [-0.15, -0.1) is 11.3 Å². The standard InChI is InChI=1S/C21H22ClN7O2S/c1-12-9-17(24-18(30)10-15-3-2-8-32-15)29(27-12)21-25-19-16(20(31)26-21)11-23-28(19)14-6-4-13(22)5-7-14/h2-9,16,19,21,23,25H,10-11H2,1H3,(H,24,30)(H,26,31). The highest BCUT2D eigenvalue weighted by Gasteiger charge is 2.45. The third-order valence-electron chi connectivity index (χ3n) is 5.47. The SMILES string of the molecule is Cc1cc(NC(=O)Cc2cccs2)n(C2NC(=O)C3CNN(c4ccc(Cl)cc4)C3N2)n1. The number of hydrogen-bond donors (Lipinski definition) is 4. The summed E-state index contributed by atoms with van der Waals surface area (Å²) in [5, 5.41) is 18.4. The number of aryl methyl sites for hydroxylation is 1. The molecule has 0 aliphatic carbocycles. The molecular formula is C21H22ClN7O2S. The summed E-state index contributed by atoms with van der Waals surface area (Å²) in [6, 6.07) is 13.0. The highest BCUT2D eigenvalue weighted by molar-refractivity contribution is 7.10. The van der Waals surface area contributed by atoms with Crippen molar-refractivity contribution >= 4 is 46.3 Å². The molecule has 2 aromatic heterocycles. The van der Waals surface area contributed by atoms with Gasteiger partial charge in [0.2, 0.25) is 11.8 Å². The van der Waals surface area contributed by atoms with E-state index in [-0.39, 0.29) is 30.3 Å². The van der Waals surface area contributed by atoms with Crippen LogP contribution in [0.5, 0.6) is 0 Å². The number of nitrogens with one attached hydrogen (secondary N) is 4. The normalized spacial score (nSPS) is 22.5. The van der Waals surface area contributed by atoms with Gasteiger partial charge in [0.05, 0.1) is 23.7 Å². The first-order valence-corrected chi connectivity index (χ1v) is 11.5. The molecule has 166 valence electrons. The summed E-state index contributed by atoms with van der Waals surface area (Å²) in [6.07, 6.45) is -0.635. The Morgan fingerprint density at radius 1 is 1.31 bits per heavy atom. The van der Waals surface area contributed by atoms with Gasteiger partial charge in [0.1, 0.15) is 12.0 Å². The van der Waals surface area contributed by atoms with Gasteiger partial charge in [0.25, 0.3) is 0 Å². The number of aromatic nitrogens is 2. The minimum atomic E-state index is -0.621. The van der Waals surface area contributed by atoms with E-state index in [0.717, 1.165) is 16.3 Å². The van der Waals surface area contributed by atoms with E-state index in [4.69, 9.17) is 11.6 Å². The molecule has 0 radical (unpaired) electrons. The molecule has 0 spiro atoms. The number of amides is 2. The van der Waals surface area contributed by atoms with Gasteiger partial charge in [-0.3, -0.25) is 19.9 Å². The zero-order chi connectivity index (χ0) is 22.2. The van der Waals surface area contributed by atoms with E-state index in [1.165, 1.54) is 11.3 Å². The van der Waals surface area contributed by atoms with Gasteiger partial charge < -0.3 is 10.6 Å². The smallest absolute Gasteiger partial charge is 0.230 e. The summed E-state index contributed by atoms with van der Waals surface area (Å²) >= 11 is 7.56. The number of hydrogen-bond acceptors (Lipinski definition) is 7. The number of hydrazine groups is 1. The third kappa shape index (κ3) is 4.09. The maximum atomic E-state index is 12.9. The number of thiophene rings is 1. The minimum Gasteiger partial charge on any atom is -0.321 e. The van der Waals surface area contributed by atoms with Crippen molar-refractivity contribution in [3.05, 3.63) is 63.4 Å². The Morgan fingerprint density at radius 3 is 2.88 bits per heavy atom. The summed E-state index contributed by atoms with van der Waals surface area (Å²) in [7, 11) is 0. The van der Waals surface area contributed by atoms with E-state index in [1.54, 1.807) is 10.7 Å². The summed E-state index contributed by atoms with van der Waals surface area (Å²) < 4.78 is 1.61. The van der Waals surface area contributed by atoms with Gasteiger partial charge in [-0.05, 0) is 42.6 Å². The van der Waals surface area contributed by atoms with Gasteiger partial charge in [-0.25, -0.2) is 10.1 Å². The lowest BCUT2D eigenvalue weighted by atomic mass is 10.0. The van der Waals surface area contributed by atoms with Crippen LogP contribution in [0.25, 0.3) is 0 Å². The number of nitrogens with zero attached hydrogens (tertiary/aromatic N) is 3. The fourth-order valence-corrected chi connectivity index (χ4v) is 4.84. The summed E-state index contributed by atoms with van der Waals surface area (Å²) in [5.41, 5.74) is 4.91. The van der Waals surface area contributed by atoms with Crippen LogP contribution < -0.4 is 26.4 Å². The molecule has 3 unspecified atom stereocenters. The van der Waals surface area contributed by atoms with Gasteiger partial charge in [0, 0.05) is 22.5 Å². The van der Waals surface area contributed by atoms with E-state index < -0.39 is 6.29 Å². The Labute approximate surface area is 193 Å². The number of carbonyl (C=O) groups is 2. The maximum absolute atomic E-state index is 12.9. The zero-order valence-electron chi connectivity index (χ0n) is 17.2. The summed E-state index contributed by atoms with van der Waals surface area (Å²) in [5.74, 6) is 0.00503. The molecular weight excluding hydrogens is 450 g/mol. The third-order valence-corrected chi connectivity index (χ3v) is 6.60. The van der Waals surface area contributed by atoms with Gasteiger partial charge >= 0.3 is 0 Å². The topological polar surface area (TPSA) is 103 Å². The average molecular weight is 472 g/mol. The molecule has 4 heterocycles. The summed E-state index contributed by atoms with van der Waals surface area (Å²) in [6.45, 7) is 2.34. The largest absolute Gasteiger partial charge is 0.321 e. The Kier molecular flexibility index (Phi) is 5.60. The Morgan fingerprint density at radius 2 is 2.12 bits per heavy atom. The van der Waals surface area contributed by atoms with Crippen molar-refractivity contribution in [3.63, 3.8) is 0 Å². The zero-order valence-corrected chi connectivity index (χ0v) is 18.8. The van der Waals surface area contributed by atoms with E-state index in [9.17, 15) is 9.59 Å². The molecule has 4 N–H and O–H groups in total. The highest BCUT2D eigenvalue weighted by atomic mass is 35.5. The molecule has 2 saturated heterocycles. The van der Waals surface area contributed by atoms with Crippen LogP contribution in [0.15, 0.2) is 47.8 Å². The van der Waals surface area contributed by atoms with E-state index >= 15 is 0 Å². The lowest BCUT2D eigenvalue weighted by Gasteiger charge is -2.37. The first-order valence-electron chi connectivity index (χ1n) is 10.2. The van der Waals surface area contributed by atoms with Crippen molar-refractivity contribution < 1.29 is 9.59 Å². The van der Waals surface area contributed by atoms with Gasteiger partial charge in [-0.1, -0.05) is 17.7 Å². The van der Waals surface area contributed by atoms with Crippen molar-refractivity contribution in [1.29, 1.82) is 0 Å². The van der Waals surface area contributed by atoms with Crippen LogP contribution in [0, 0.1) is 12.8 Å². The second kappa shape index (κ2) is 8.55. The molecule has 2 fully saturated rings. The van der Waals surface area contributed by atoms with Gasteiger partial charge in [0.15, 0.2) is 6.29 Å². The van der Waals surface area contributed by atoms with Crippen molar-refractivity contribution in [2.75, 3.05) is 16.9 Å². The average Bonchev–Trinajstić information content (AvgIpc) is 3.49. The fourth-order valence-electron chi connectivity index (χ4n) is 4.01. The van der Waals surface area contributed by atoms with E-state index in [0.29, 0.717) is 17.4 Å². The predicted molar refractivity (Wildman–Crippen MR) is 123 cm³/mol. The molecule has 2 amide bonds. The van der Waals surface area contributed by atoms with Crippen LogP contribution in [0.2, 0.25) is 5.02 Å². The van der Waals surface area contributed by atoms with Crippen molar-refractivity contribution in [2.24, 2.45) is 5.92 Å². The molecule has 0 saturated carbocycles. The molecule has 2 aliphatic heterocycles. The highest BCUT2D eigenvalue weighted by Crippen LogP contribution is 2.28. The fraction of sp³-hybridized carbons (Fsp3) is 0.286.